The predicted octanol–water partition coefficient (Wildman–Crippen LogP) is 0.952. The first-order valence-electron chi connectivity index (χ1n) is 6.04. The first kappa shape index (κ1) is 15.6. The molecular weight excluding hydrogens is 250 g/mol. The van der Waals surface area contributed by atoms with Crippen LogP contribution >= 0.6 is 0 Å². The number of hydrogen-bond donors (Lipinski definition) is 0. The summed E-state index contributed by atoms with van der Waals surface area (Å²) in [6.45, 7) is 3.07. The Labute approximate surface area is 112 Å². The van der Waals surface area contributed by atoms with Gasteiger partial charge in [0.05, 0.1) is 39.2 Å². The second-order valence-electron chi connectivity index (χ2n) is 3.64. The highest BCUT2D eigenvalue weighted by Crippen LogP contribution is 2.09. The molecule has 0 aliphatic carbocycles. The average Bonchev–Trinajstić information content (AvgIpc) is 2.46. The van der Waals surface area contributed by atoms with Crippen LogP contribution in [0.25, 0.3) is 0 Å². The fraction of sp³-hybridized carbons (Fsp3) is 0.538. The zero-order valence-corrected chi connectivity index (χ0v) is 11.0. The van der Waals surface area contributed by atoms with Crippen LogP contribution in [0.5, 0.6) is 5.75 Å². The Morgan fingerprint density at radius 1 is 1.05 bits per heavy atom. The molecule has 0 fully saturated rings. The molecule has 0 spiro atoms. The molecule has 0 amide bonds. The van der Waals surface area contributed by atoms with E-state index in [0.717, 1.165) is 6.29 Å². The van der Waals surface area contributed by atoms with Gasteiger partial charge in [-0.1, -0.05) is 0 Å². The molecule has 6 nitrogen and oxygen atoms in total. The number of carbonyl (C=O) groups excluding carboxylic acids is 1. The number of hydrogen-bond acceptors (Lipinski definition) is 6. The number of pyridine rings is 1. The Morgan fingerprint density at radius 2 is 1.74 bits per heavy atom. The van der Waals surface area contributed by atoms with Crippen LogP contribution < -0.4 is 4.74 Å². The molecule has 19 heavy (non-hydrogen) atoms. The summed E-state index contributed by atoms with van der Waals surface area (Å²) in [6, 6.07) is 1.63. The first-order chi connectivity index (χ1) is 9.36. The van der Waals surface area contributed by atoms with E-state index in [1.807, 2.05) is 0 Å². The minimum Gasteiger partial charge on any atom is -0.490 e. The molecule has 0 bridgehead atoms. The Bertz CT molecular complexity index is 359. The van der Waals surface area contributed by atoms with E-state index in [0.29, 0.717) is 51.0 Å². The van der Waals surface area contributed by atoms with Crippen LogP contribution in [0.1, 0.15) is 10.4 Å². The molecule has 0 N–H and O–H groups in total. The van der Waals surface area contributed by atoms with Crippen molar-refractivity contribution in [2.75, 3.05) is 46.8 Å². The summed E-state index contributed by atoms with van der Waals surface area (Å²) in [5, 5.41) is 0. The van der Waals surface area contributed by atoms with Gasteiger partial charge in [0.1, 0.15) is 12.4 Å². The smallest absolute Gasteiger partial charge is 0.151 e. The Hall–Kier alpha value is -1.50. The SMILES string of the molecule is COCCOCCOCCOc1cncc(C=O)c1. The van der Waals surface area contributed by atoms with Crippen molar-refractivity contribution in [3.63, 3.8) is 0 Å². The molecule has 0 aromatic carbocycles. The number of aldehydes is 1. The third-order valence-electron chi connectivity index (χ3n) is 2.17. The van der Waals surface area contributed by atoms with Gasteiger partial charge in [0.15, 0.2) is 6.29 Å². The van der Waals surface area contributed by atoms with E-state index >= 15 is 0 Å². The summed E-state index contributed by atoms with van der Waals surface area (Å²) in [5.74, 6) is 0.560. The van der Waals surface area contributed by atoms with E-state index in [-0.39, 0.29) is 0 Å². The van der Waals surface area contributed by atoms with Gasteiger partial charge in [-0.3, -0.25) is 9.78 Å². The van der Waals surface area contributed by atoms with Gasteiger partial charge in [-0.05, 0) is 6.07 Å². The maximum atomic E-state index is 10.5. The summed E-state index contributed by atoms with van der Waals surface area (Å²) < 4.78 is 20.8. The van der Waals surface area contributed by atoms with E-state index in [4.69, 9.17) is 18.9 Å². The van der Waals surface area contributed by atoms with Gasteiger partial charge in [-0.25, -0.2) is 0 Å². The molecule has 0 aliphatic heterocycles. The highest BCUT2D eigenvalue weighted by Gasteiger charge is 1.97. The molecule has 106 valence electrons. The number of methoxy groups -OCH3 is 1. The van der Waals surface area contributed by atoms with E-state index in [2.05, 4.69) is 4.98 Å². The first-order valence-corrected chi connectivity index (χ1v) is 6.04. The Morgan fingerprint density at radius 3 is 2.42 bits per heavy atom. The molecule has 1 aromatic rings. The molecule has 0 aliphatic rings. The number of nitrogens with zero attached hydrogens (tertiary/aromatic N) is 1. The lowest BCUT2D eigenvalue weighted by molar-refractivity contribution is 0.0179. The molecule has 0 saturated carbocycles. The van der Waals surface area contributed by atoms with Crippen LogP contribution in [0.2, 0.25) is 0 Å². The molecule has 0 saturated heterocycles. The molecular formula is C13H19NO5. The second kappa shape index (κ2) is 10.4. The van der Waals surface area contributed by atoms with Crippen LogP contribution in [0.4, 0.5) is 0 Å². The maximum absolute atomic E-state index is 10.5. The largest absolute Gasteiger partial charge is 0.490 e. The van der Waals surface area contributed by atoms with E-state index in [9.17, 15) is 4.79 Å². The third-order valence-corrected chi connectivity index (χ3v) is 2.17. The quantitative estimate of drug-likeness (QED) is 0.440. The van der Waals surface area contributed by atoms with Crippen LogP contribution in [0.3, 0.4) is 0 Å². The standard InChI is InChI=1S/C13H19NO5/c1-16-2-3-17-4-5-18-6-7-19-13-8-12(11-15)9-14-10-13/h8-11H,2-7H2,1H3. The Balaban J connectivity index is 1.99. The fourth-order valence-electron chi connectivity index (χ4n) is 1.26. The lowest BCUT2D eigenvalue weighted by atomic mass is 10.3. The van der Waals surface area contributed by atoms with Crippen LogP contribution in [-0.2, 0) is 14.2 Å². The lowest BCUT2D eigenvalue weighted by Gasteiger charge is -2.07. The van der Waals surface area contributed by atoms with Gasteiger partial charge < -0.3 is 18.9 Å². The third kappa shape index (κ3) is 7.50. The normalized spacial score (nSPS) is 10.4. The molecule has 1 heterocycles. The molecule has 1 rings (SSSR count). The molecule has 6 heteroatoms. The van der Waals surface area contributed by atoms with E-state index in [1.54, 1.807) is 19.4 Å². The number of carbonyl (C=O) groups is 1. The van der Waals surface area contributed by atoms with Crippen molar-refractivity contribution in [1.29, 1.82) is 0 Å². The van der Waals surface area contributed by atoms with Gasteiger partial charge in [0.2, 0.25) is 0 Å². The monoisotopic (exact) mass is 269 g/mol. The highest BCUT2D eigenvalue weighted by molar-refractivity contribution is 5.74. The maximum Gasteiger partial charge on any atom is 0.151 e. The van der Waals surface area contributed by atoms with Gasteiger partial charge in [0.25, 0.3) is 0 Å². The highest BCUT2D eigenvalue weighted by atomic mass is 16.6. The van der Waals surface area contributed by atoms with Gasteiger partial charge in [0, 0.05) is 18.9 Å². The van der Waals surface area contributed by atoms with Crippen molar-refractivity contribution in [2.24, 2.45) is 0 Å². The molecule has 1 aromatic heterocycles. The van der Waals surface area contributed by atoms with Crippen molar-refractivity contribution >= 4 is 6.29 Å². The van der Waals surface area contributed by atoms with Gasteiger partial charge in [-0.2, -0.15) is 0 Å². The van der Waals surface area contributed by atoms with Gasteiger partial charge in [-0.15, -0.1) is 0 Å². The van der Waals surface area contributed by atoms with Crippen molar-refractivity contribution < 1.29 is 23.7 Å². The lowest BCUT2D eigenvalue weighted by Crippen LogP contribution is -2.12. The van der Waals surface area contributed by atoms with Crippen molar-refractivity contribution in [1.82, 2.24) is 4.98 Å². The summed E-state index contributed by atoms with van der Waals surface area (Å²) >= 11 is 0. The van der Waals surface area contributed by atoms with Crippen LogP contribution in [0, 0.1) is 0 Å². The van der Waals surface area contributed by atoms with E-state index < -0.39 is 0 Å². The van der Waals surface area contributed by atoms with E-state index in [1.165, 1.54) is 6.20 Å². The summed E-state index contributed by atoms with van der Waals surface area (Å²) in [6.07, 6.45) is 3.77. The Kier molecular flexibility index (Phi) is 8.54. The average molecular weight is 269 g/mol. The summed E-state index contributed by atoms with van der Waals surface area (Å²) in [5.41, 5.74) is 0.491. The minimum absolute atomic E-state index is 0.405. The van der Waals surface area contributed by atoms with Crippen LogP contribution in [0.15, 0.2) is 18.5 Å². The molecule has 0 unspecified atom stereocenters. The van der Waals surface area contributed by atoms with Crippen molar-refractivity contribution in [2.45, 2.75) is 0 Å². The summed E-state index contributed by atoms with van der Waals surface area (Å²) in [4.78, 5) is 14.4. The number of ether oxygens (including phenoxy) is 4. The van der Waals surface area contributed by atoms with Crippen molar-refractivity contribution in [3.8, 4) is 5.75 Å². The van der Waals surface area contributed by atoms with Gasteiger partial charge >= 0.3 is 0 Å². The fourth-order valence-corrected chi connectivity index (χ4v) is 1.26. The number of aromatic nitrogens is 1. The number of rotatable bonds is 11. The molecule has 0 radical (unpaired) electrons. The molecule has 0 atom stereocenters. The second-order valence-corrected chi connectivity index (χ2v) is 3.64. The zero-order valence-electron chi connectivity index (χ0n) is 11.0. The summed E-state index contributed by atoms with van der Waals surface area (Å²) in [7, 11) is 1.63. The zero-order chi connectivity index (χ0) is 13.8. The van der Waals surface area contributed by atoms with Crippen molar-refractivity contribution in [3.05, 3.63) is 24.0 Å². The minimum atomic E-state index is 0.405. The topological polar surface area (TPSA) is 66.9 Å². The predicted molar refractivity (Wildman–Crippen MR) is 68.6 cm³/mol. The van der Waals surface area contributed by atoms with Crippen LogP contribution in [-0.4, -0.2) is 58.0 Å².